The molecule has 2 aromatic heterocycles. The second-order valence-electron chi connectivity index (χ2n) is 3.23. The number of carbonyl (C=O) groups is 1. The summed E-state index contributed by atoms with van der Waals surface area (Å²) in [6.07, 6.45) is 3.10. The van der Waals surface area contributed by atoms with Crippen molar-refractivity contribution in [2.45, 2.75) is 6.92 Å². The lowest BCUT2D eigenvalue weighted by atomic mass is 10.1. The molecule has 0 N–H and O–H groups in total. The number of ketones is 1. The quantitative estimate of drug-likeness (QED) is 0.786. The van der Waals surface area contributed by atoms with Gasteiger partial charge in [0, 0.05) is 7.05 Å². The summed E-state index contributed by atoms with van der Waals surface area (Å²) >= 11 is 3.28. The summed E-state index contributed by atoms with van der Waals surface area (Å²) in [5, 5.41) is 3.98. The van der Waals surface area contributed by atoms with Crippen LogP contribution in [-0.4, -0.2) is 15.6 Å². The Kier molecular flexibility index (Phi) is 2.48. The van der Waals surface area contributed by atoms with Crippen LogP contribution < -0.4 is 0 Å². The minimum atomic E-state index is -0.163. The predicted octanol–water partition coefficient (Wildman–Crippen LogP) is 2.32. The van der Waals surface area contributed by atoms with Gasteiger partial charge in [-0.2, -0.15) is 5.10 Å². The molecule has 78 valence electrons. The summed E-state index contributed by atoms with van der Waals surface area (Å²) in [6, 6.07) is 1.76. The van der Waals surface area contributed by atoms with Crippen LogP contribution >= 0.6 is 15.9 Å². The van der Waals surface area contributed by atoms with Crippen molar-refractivity contribution in [1.29, 1.82) is 0 Å². The largest absolute Gasteiger partial charge is 0.461 e. The Labute approximate surface area is 95.0 Å². The highest BCUT2D eigenvalue weighted by Crippen LogP contribution is 2.21. The van der Waals surface area contributed by atoms with Crippen LogP contribution in [0.4, 0.5) is 0 Å². The molecule has 0 spiro atoms. The van der Waals surface area contributed by atoms with Gasteiger partial charge in [-0.3, -0.25) is 9.48 Å². The Balaban J connectivity index is 2.50. The number of aryl methyl sites for hydroxylation is 2. The molecule has 0 aromatic carbocycles. The Hall–Kier alpha value is -1.36. The third-order valence-corrected chi connectivity index (χ3v) is 2.76. The molecule has 0 aliphatic rings. The van der Waals surface area contributed by atoms with Crippen molar-refractivity contribution in [3.05, 3.63) is 40.0 Å². The van der Waals surface area contributed by atoms with Crippen LogP contribution in [0.1, 0.15) is 21.8 Å². The molecule has 2 aromatic rings. The molecule has 0 radical (unpaired) electrons. The molecule has 2 heterocycles. The van der Waals surface area contributed by atoms with Crippen LogP contribution in [0.15, 0.2) is 27.4 Å². The van der Waals surface area contributed by atoms with Gasteiger partial charge in [0.05, 0.1) is 16.9 Å². The fourth-order valence-corrected chi connectivity index (χ4v) is 1.91. The maximum Gasteiger partial charge on any atom is 0.247 e. The monoisotopic (exact) mass is 268 g/mol. The van der Waals surface area contributed by atoms with Crippen molar-refractivity contribution < 1.29 is 9.21 Å². The molecule has 5 heteroatoms. The second kappa shape index (κ2) is 3.66. The number of halogens is 1. The minimum Gasteiger partial charge on any atom is -0.461 e. The van der Waals surface area contributed by atoms with Gasteiger partial charge in [-0.25, -0.2) is 0 Å². The summed E-state index contributed by atoms with van der Waals surface area (Å²) in [5.41, 5.74) is 1.32. The molecule has 4 nitrogen and oxygen atoms in total. The predicted molar refractivity (Wildman–Crippen MR) is 57.8 cm³/mol. The molecular formula is C10H9BrN2O2. The van der Waals surface area contributed by atoms with Crippen molar-refractivity contribution in [2.24, 2.45) is 7.05 Å². The summed E-state index contributed by atoms with van der Waals surface area (Å²) in [7, 11) is 1.72. The van der Waals surface area contributed by atoms with Crippen LogP contribution in [0.5, 0.6) is 0 Å². The highest BCUT2D eigenvalue weighted by molar-refractivity contribution is 9.10. The molecule has 0 saturated heterocycles. The van der Waals surface area contributed by atoms with E-state index < -0.39 is 0 Å². The lowest BCUT2D eigenvalue weighted by Gasteiger charge is -2.00. The van der Waals surface area contributed by atoms with Crippen LogP contribution in [0.3, 0.4) is 0 Å². The summed E-state index contributed by atoms with van der Waals surface area (Å²) in [6.45, 7) is 1.83. The van der Waals surface area contributed by atoms with E-state index in [2.05, 4.69) is 21.0 Å². The van der Waals surface area contributed by atoms with Gasteiger partial charge in [0.1, 0.15) is 5.69 Å². The zero-order valence-corrected chi connectivity index (χ0v) is 9.91. The van der Waals surface area contributed by atoms with Crippen molar-refractivity contribution in [3.8, 4) is 0 Å². The minimum absolute atomic E-state index is 0.163. The number of rotatable bonds is 2. The molecule has 0 unspecified atom stereocenters. The summed E-state index contributed by atoms with van der Waals surface area (Å²) in [4.78, 5) is 12.0. The lowest BCUT2D eigenvalue weighted by Crippen LogP contribution is -2.09. The average Bonchev–Trinajstić information content (AvgIpc) is 2.73. The zero-order valence-electron chi connectivity index (χ0n) is 8.32. The zero-order chi connectivity index (χ0) is 11.0. The first-order valence-electron chi connectivity index (χ1n) is 4.37. The summed E-state index contributed by atoms with van der Waals surface area (Å²) in [5.74, 6) is 0.198. The van der Waals surface area contributed by atoms with Gasteiger partial charge in [-0.1, -0.05) is 0 Å². The number of aromatic nitrogens is 2. The molecule has 0 bridgehead atoms. The van der Waals surface area contributed by atoms with Crippen molar-refractivity contribution in [2.75, 3.05) is 0 Å². The van der Waals surface area contributed by atoms with E-state index in [1.807, 2.05) is 6.92 Å². The van der Waals surface area contributed by atoms with Gasteiger partial charge in [0.2, 0.25) is 5.78 Å². The SMILES string of the molecule is Cc1ccoc1C(=O)c1c(Br)cnn1C. The normalized spacial score (nSPS) is 10.6. The van der Waals surface area contributed by atoms with E-state index in [4.69, 9.17) is 4.42 Å². The van der Waals surface area contributed by atoms with Gasteiger partial charge in [-0.15, -0.1) is 0 Å². The van der Waals surface area contributed by atoms with E-state index in [-0.39, 0.29) is 5.78 Å². The van der Waals surface area contributed by atoms with E-state index in [0.717, 1.165) is 5.56 Å². The maximum atomic E-state index is 12.0. The van der Waals surface area contributed by atoms with E-state index in [1.54, 1.807) is 19.3 Å². The van der Waals surface area contributed by atoms with Gasteiger partial charge >= 0.3 is 0 Å². The Bertz CT molecular complexity index is 494. The molecule has 0 amide bonds. The molecular weight excluding hydrogens is 260 g/mol. The molecule has 0 saturated carbocycles. The number of nitrogens with zero attached hydrogens (tertiary/aromatic N) is 2. The Morgan fingerprint density at radius 2 is 2.33 bits per heavy atom. The number of carbonyl (C=O) groups excluding carboxylic acids is 1. The average molecular weight is 269 g/mol. The van der Waals surface area contributed by atoms with E-state index in [9.17, 15) is 4.79 Å². The van der Waals surface area contributed by atoms with Crippen molar-refractivity contribution in [3.63, 3.8) is 0 Å². The molecule has 0 atom stereocenters. The van der Waals surface area contributed by atoms with Crippen LogP contribution in [0.2, 0.25) is 0 Å². The van der Waals surface area contributed by atoms with Gasteiger partial charge in [0.15, 0.2) is 5.76 Å². The number of furan rings is 1. The maximum absolute atomic E-state index is 12.0. The van der Waals surface area contributed by atoms with Gasteiger partial charge in [0.25, 0.3) is 0 Å². The fourth-order valence-electron chi connectivity index (χ4n) is 1.38. The highest BCUT2D eigenvalue weighted by atomic mass is 79.9. The molecule has 0 aliphatic carbocycles. The second-order valence-corrected chi connectivity index (χ2v) is 4.08. The number of hydrogen-bond donors (Lipinski definition) is 0. The molecule has 0 aliphatic heterocycles. The van der Waals surface area contributed by atoms with Crippen molar-refractivity contribution in [1.82, 2.24) is 9.78 Å². The Morgan fingerprint density at radius 1 is 1.60 bits per heavy atom. The van der Waals surface area contributed by atoms with Gasteiger partial charge in [-0.05, 0) is 34.5 Å². The first-order valence-corrected chi connectivity index (χ1v) is 5.17. The standard InChI is InChI=1S/C10H9BrN2O2/c1-6-3-4-15-10(6)9(14)8-7(11)5-12-13(8)2/h3-5H,1-2H3. The molecule has 2 rings (SSSR count). The van der Waals surface area contributed by atoms with Crippen LogP contribution in [-0.2, 0) is 7.05 Å². The topological polar surface area (TPSA) is 48.0 Å². The third kappa shape index (κ3) is 1.63. The molecule has 15 heavy (non-hydrogen) atoms. The van der Waals surface area contributed by atoms with Gasteiger partial charge < -0.3 is 4.42 Å². The van der Waals surface area contributed by atoms with Crippen LogP contribution in [0.25, 0.3) is 0 Å². The molecule has 0 fully saturated rings. The van der Waals surface area contributed by atoms with E-state index in [1.165, 1.54) is 10.9 Å². The first kappa shape index (κ1) is 10.2. The smallest absolute Gasteiger partial charge is 0.247 e. The number of hydrogen-bond acceptors (Lipinski definition) is 3. The Morgan fingerprint density at radius 3 is 2.80 bits per heavy atom. The fraction of sp³-hybridized carbons (Fsp3) is 0.200. The van der Waals surface area contributed by atoms with E-state index >= 15 is 0 Å². The highest BCUT2D eigenvalue weighted by Gasteiger charge is 2.21. The lowest BCUT2D eigenvalue weighted by molar-refractivity contribution is 0.0998. The third-order valence-electron chi connectivity index (χ3n) is 2.18. The van der Waals surface area contributed by atoms with Crippen molar-refractivity contribution >= 4 is 21.7 Å². The first-order chi connectivity index (χ1) is 7.11. The van der Waals surface area contributed by atoms with Crippen LogP contribution in [0, 0.1) is 6.92 Å². The van der Waals surface area contributed by atoms with E-state index in [0.29, 0.717) is 15.9 Å². The summed E-state index contributed by atoms with van der Waals surface area (Å²) < 4.78 is 7.34.